The van der Waals surface area contributed by atoms with E-state index in [4.69, 9.17) is 16.3 Å². The van der Waals surface area contributed by atoms with Gasteiger partial charge in [-0.3, -0.25) is 0 Å². The number of ether oxygens (including phenoxy) is 1. The van der Waals surface area contributed by atoms with E-state index in [0.717, 1.165) is 42.3 Å². The van der Waals surface area contributed by atoms with E-state index in [-0.39, 0.29) is 0 Å². The van der Waals surface area contributed by atoms with Crippen LogP contribution in [0.3, 0.4) is 0 Å². The van der Waals surface area contributed by atoms with Gasteiger partial charge in [-0.1, -0.05) is 11.6 Å². The highest BCUT2D eigenvalue weighted by atomic mass is 35.5. The first kappa shape index (κ1) is 16.6. The summed E-state index contributed by atoms with van der Waals surface area (Å²) in [7, 11) is 0. The molecule has 0 amide bonds. The van der Waals surface area contributed by atoms with Crippen LogP contribution >= 0.6 is 11.6 Å². The van der Waals surface area contributed by atoms with Crippen molar-refractivity contribution < 1.29 is 4.74 Å². The molecule has 4 rings (SSSR count). The van der Waals surface area contributed by atoms with Crippen molar-refractivity contribution in [3.8, 4) is 0 Å². The second kappa shape index (κ2) is 7.14. The van der Waals surface area contributed by atoms with Crippen molar-refractivity contribution in [2.24, 2.45) is 17.8 Å². The summed E-state index contributed by atoms with van der Waals surface area (Å²) in [6, 6.07) is 2.53. The maximum Gasteiger partial charge on any atom is 0.154 e. The Morgan fingerprint density at radius 3 is 2.58 bits per heavy atom. The predicted octanol–water partition coefficient (Wildman–Crippen LogP) is 2.99. The molecule has 0 aromatic carbocycles. The number of aryl methyl sites for hydroxylation is 1. The maximum atomic E-state index is 5.96. The molecule has 3 heterocycles. The maximum absolute atomic E-state index is 5.96. The normalized spacial score (nSPS) is 31.3. The molecule has 2 saturated heterocycles. The van der Waals surface area contributed by atoms with Crippen LogP contribution in [0.4, 0.5) is 5.82 Å². The van der Waals surface area contributed by atoms with Crippen LogP contribution in [0.25, 0.3) is 0 Å². The summed E-state index contributed by atoms with van der Waals surface area (Å²) in [5.74, 6) is 3.38. The molecular weight excluding hydrogens is 324 g/mol. The Morgan fingerprint density at radius 1 is 1.21 bits per heavy atom. The summed E-state index contributed by atoms with van der Waals surface area (Å²) in [4.78, 5) is 2.70. The fraction of sp³-hybridized carbons (Fsp3) is 0.778. The molecule has 0 bridgehead atoms. The smallest absolute Gasteiger partial charge is 0.154 e. The SMILES string of the molecule is Cc1cc(NC2C[C@@H]3CN(CC4CCOCC4)C[C@@H]3C2)nnc1Cl. The van der Waals surface area contributed by atoms with Crippen molar-refractivity contribution in [1.82, 2.24) is 15.1 Å². The van der Waals surface area contributed by atoms with Gasteiger partial charge in [0.25, 0.3) is 0 Å². The van der Waals surface area contributed by atoms with Crippen LogP contribution in [-0.2, 0) is 4.74 Å². The minimum absolute atomic E-state index is 0.493. The lowest BCUT2D eigenvalue weighted by atomic mass is 10.00. The number of hydrogen-bond acceptors (Lipinski definition) is 5. The number of nitrogens with one attached hydrogen (secondary N) is 1. The van der Waals surface area contributed by atoms with E-state index < -0.39 is 0 Å². The minimum Gasteiger partial charge on any atom is -0.381 e. The molecule has 1 aliphatic carbocycles. The van der Waals surface area contributed by atoms with Crippen LogP contribution in [0.15, 0.2) is 6.07 Å². The van der Waals surface area contributed by atoms with Crippen molar-refractivity contribution in [3.05, 3.63) is 16.8 Å². The second-order valence-corrected chi connectivity index (χ2v) is 8.17. The number of aromatic nitrogens is 2. The van der Waals surface area contributed by atoms with Crippen LogP contribution in [0, 0.1) is 24.7 Å². The molecule has 3 aliphatic rings. The highest BCUT2D eigenvalue weighted by molar-refractivity contribution is 6.30. The largest absolute Gasteiger partial charge is 0.381 e. The van der Waals surface area contributed by atoms with Gasteiger partial charge in [-0.2, -0.15) is 0 Å². The lowest BCUT2D eigenvalue weighted by molar-refractivity contribution is 0.0545. The first-order valence-electron chi connectivity index (χ1n) is 9.24. The van der Waals surface area contributed by atoms with Crippen LogP contribution in [0.1, 0.15) is 31.2 Å². The van der Waals surface area contributed by atoms with Gasteiger partial charge >= 0.3 is 0 Å². The van der Waals surface area contributed by atoms with E-state index in [2.05, 4.69) is 20.4 Å². The summed E-state index contributed by atoms with van der Waals surface area (Å²) in [6.07, 6.45) is 4.98. The number of halogens is 1. The zero-order valence-corrected chi connectivity index (χ0v) is 15.1. The molecule has 1 saturated carbocycles. The quantitative estimate of drug-likeness (QED) is 0.904. The third kappa shape index (κ3) is 3.68. The minimum atomic E-state index is 0.493. The fourth-order valence-corrected chi connectivity index (χ4v) is 4.80. The molecular formula is C18H27ClN4O. The van der Waals surface area contributed by atoms with E-state index in [1.807, 2.05) is 13.0 Å². The topological polar surface area (TPSA) is 50.3 Å². The van der Waals surface area contributed by atoms with Crippen LogP contribution < -0.4 is 5.32 Å². The van der Waals surface area contributed by atoms with Gasteiger partial charge in [-0.25, -0.2) is 0 Å². The fourth-order valence-electron chi connectivity index (χ4n) is 4.71. The van der Waals surface area contributed by atoms with Crippen LogP contribution in [0.5, 0.6) is 0 Å². The number of likely N-dealkylation sites (tertiary alicyclic amines) is 1. The van der Waals surface area contributed by atoms with Crippen LogP contribution in [-0.4, -0.2) is 54.0 Å². The average Bonchev–Trinajstić information content (AvgIpc) is 3.10. The van der Waals surface area contributed by atoms with Crippen molar-refractivity contribution in [1.29, 1.82) is 0 Å². The van der Waals surface area contributed by atoms with Crippen molar-refractivity contribution >= 4 is 17.4 Å². The molecule has 24 heavy (non-hydrogen) atoms. The Labute approximate surface area is 149 Å². The Hall–Kier alpha value is -0.910. The predicted molar refractivity (Wildman–Crippen MR) is 95.4 cm³/mol. The molecule has 1 N–H and O–H groups in total. The number of anilines is 1. The molecule has 6 heteroatoms. The van der Waals surface area contributed by atoms with Gasteiger partial charge in [0.15, 0.2) is 5.15 Å². The lowest BCUT2D eigenvalue weighted by Gasteiger charge is -2.27. The van der Waals surface area contributed by atoms with Gasteiger partial charge in [-0.05, 0) is 62.0 Å². The number of rotatable bonds is 4. The molecule has 1 aromatic heterocycles. The Morgan fingerprint density at radius 2 is 1.92 bits per heavy atom. The zero-order valence-electron chi connectivity index (χ0n) is 14.4. The molecule has 0 spiro atoms. The van der Waals surface area contributed by atoms with Gasteiger partial charge in [0.2, 0.25) is 0 Å². The second-order valence-electron chi connectivity index (χ2n) is 7.81. The van der Waals surface area contributed by atoms with Gasteiger partial charge in [-0.15, -0.1) is 10.2 Å². The first-order valence-corrected chi connectivity index (χ1v) is 9.61. The standard InChI is InChI=1S/C18H27ClN4O/c1-12-6-17(21-22-18(12)19)20-16-7-14-10-23(11-15(14)8-16)9-13-2-4-24-5-3-13/h6,13-16H,2-5,7-11H2,1H3,(H,20,21)/t14-,15+,16?. The Bertz CT molecular complexity index is 564. The van der Waals surface area contributed by atoms with Gasteiger partial charge < -0.3 is 15.0 Å². The van der Waals surface area contributed by atoms with Crippen molar-refractivity contribution in [3.63, 3.8) is 0 Å². The summed E-state index contributed by atoms with van der Waals surface area (Å²) in [5.41, 5.74) is 0.981. The molecule has 2 aliphatic heterocycles. The molecule has 5 nitrogen and oxygen atoms in total. The van der Waals surface area contributed by atoms with Crippen molar-refractivity contribution in [2.45, 2.75) is 38.6 Å². The molecule has 132 valence electrons. The van der Waals surface area contributed by atoms with Gasteiger partial charge in [0.05, 0.1) is 0 Å². The van der Waals surface area contributed by atoms with E-state index in [9.17, 15) is 0 Å². The first-order chi connectivity index (χ1) is 11.7. The zero-order chi connectivity index (χ0) is 16.5. The molecule has 3 atom stereocenters. The number of nitrogens with zero attached hydrogens (tertiary/aromatic N) is 3. The average molecular weight is 351 g/mol. The number of hydrogen-bond donors (Lipinski definition) is 1. The van der Waals surface area contributed by atoms with E-state index in [1.54, 1.807) is 0 Å². The van der Waals surface area contributed by atoms with Crippen LogP contribution in [0.2, 0.25) is 5.15 Å². The van der Waals surface area contributed by atoms with E-state index in [0.29, 0.717) is 11.2 Å². The summed E-state index contributed by atoms with van der Waals surface area (Å²) < 4.78 is 5.48. The number of fused-ring (bicyclic) bond motifs is 1. The third-order valence-corrected chi connectivity index (χ3v) is 6.33. The summed E-state index contributed by atoms with van der Waals surface area (Å²) in [5, 5.41) is 12.2. The molecule has 1 unspecified atom stereocenters. The molecule has 0 radical (unpaired) electrons. The highest BCUT2D eigenvalue weighted by Crippen LogP contribution is 2.39. The Kier molecular flexibility index (Phi) is 4.93. The monoisotopic (exact) mass is 350 g/mol. The van der Waals surface area contributed by atoms with E-state index in [1.165, 1.54) is 45.3 Å². The van der Waals surface area contributed by atoms with Crippen molar-refractivity contribution in [2.75, 3.05) is 38.2 Å². The third-order valence-electron chi connectivity index (χ3n) is 5.96. The Balaban J connectivity index is 1.27. The lowest BCUT2D eigenvalue weighted by Crippen LogP contribution is -2.32. The summed E-state index contributed by atoms with van der Waals surface area (Å²) in [6.45, 7) is 7.70. The van der Waals surface area contributed by atoms with Gasteiger partial charge in [0.1, 0.15) is 5.82 Å². The molecule has 3 fully saturated rings. The summed E-state index contributed by atoms with van der Waals surface area (Å²) >= 11 is 5.96. The molecule has 1 aromatic rings. The van der Waals surface area contributed by atoms with Gasteiger partial charge in [0, 0.05) is 38.9 Å². The van der Waals surface area contributed by atoms with E-state index >= 15 is 0 Å². The highest BCUT2D eigenvalue weighted by Gasteiger charge is 2.41.